The highest BCUT2D eigenvalue weighted by atomic mass is 16.5. The van der Waals surface area contributed by atoms with E-state index < -0.39 is 6.10 Å². The van der Waals surface area contributed by atoms with Gasteiger partial charge < -0.3 is 9.84 Å². The summed E-state index contributed by atoms with van der Waals surface area (Å²) in [5.41, 5.74) is 3.45. The molecule has 0 aromatic heterocycles. The summed E-state index contributed by atoms with van der Waals surface area (Å²) in [6.07, 6.45) is 1.48. The molecule has 1 aromatic rings. The van der Waals surface area contributed by atoms with Crippen molar-refractivity contribution in [3.63, 3.8) is 0 Å². The van der Waals surface area contributed by atoms with E-state index in [2.05, 4.69) is 50.8 Å². The Morgan fingerprint density at radius 1 is 1.14 bits per heavy atom. The molecule has 0 aliphatic carbocycles. The predicted octanol–water partition coefficient (Wildman–Crippen LogP) is 3.47. The van der Waals surface area contributed by atoms with Gasteiger partial charge in [-0.15, -0.1) is 0 Å². The summed E-state index contributed by atoms with van der Waals surface area (Å²) in [5, 5.41) is 10.4. The minimum atomic E-state index is -0.391. The van der Waals surface area contributed by atoms with E-state index in [1.54, 1.807) is 7.11 Å². The first-order valence-electron chi connectivity index (χ1n) is 7.97. The van der Waals surface area contributed by atoms with E-state index in [1.165, 1.54) is 11.1 Å². The van der Waals surface area contributed by atoms with Crippen LogP contribution in [0.3, 0.4) is 0 Å². The van der Waals surface area contributed by atoms with E-state index in [1.807, 2.05) is 0 Å². The Kier molecular flexibility index (Phi) is 7.94. The molecular weight excluding hydrogens is 262 g/mol. The molecule has 2 unspecified atom stereocenters. The van der Waals surface area contributed by atoms with Crippen molar-refractivity contribution >= 4 is 0 Å². The van der Waals surface area contributed by atoms with Crippen LogP contribution in [0.5, 0.6) is 0 Å². The van der Waals surface area contributed by atoms with Gasteiger partial charge in [0.15, 0.2) is 0 Å². The van der Waals surface area contributed by atoms with Gasteiger partial charge >= 0.3 is 0 Å². The lowest BCUT2D eigenvalue weighted by atomic mass is 10.0. The van der Waals surface area contributed by atoms with Crippen molar-refractivity contribution < 1.29 is 9.84 Å². The second kappa shape index (κ2) is 9.19. The molecule has 120 valence electrons. The number of nitrogens with zero attached hydrogens (tertiary/aromatic N) is 1. The van der Waals surface area contributed by atoms with E-state index in [4.69, 9.17) is 4.74 Å². The standard InChI is InChI=1S/C18H31NO2/c1-6-16(4)19(9-10-21-5)8-7-18(20)17-12-14(2)11-15(3)13-17/h11-13,16,18,20H,6-10H2,1-5H3. The average Bonchev–Trinajstić information content (AvgIpc) is 2.45. The highest BCUT2D eigenvalue weighted by molar-refractivity contribution is 5.29. The quantitative estimate of drug-likeness (QED) is 0.756. The van der Waals surface area contributed by atoms with Gasteiger partial charge in [-0.1, -0.05) is 36.2 Å². The third-order valence-electron chi connectivity index (χ3n) is 4.12. The maximum atomic E-state index is 10.4. The van der Waals surface area contributed by atoms with Gasteiger partial charge in [0.05, 0.1) is 12.7 Å². The maximum Gasteiger partial charge on any atom is 0.0802 e. The number of hydrogen-bond donors (Lipinski definition) is 1. The summed E-state index contributed by atoms with van der Waals surface area (Å²) in [6, 6.07) is 6.83. The van der Waals surface area contributed by atoms with E-state index in [-0.39, 0.29) is 0 Å². The Balaban J connectivity index is 2.61. The molecule has 0 bridgehead atoms. The van der Waals surface area contributed by atoms with Crippen molar-refractivity contribution in [2.24, 2.45) is 0 Å². The Hall–Kier alpha value is -0.900. The third kappa shape index (κ3) is 6.16. The van der Waals surface area contributed by atoms with Gasteiger partial charge in [-0.25, -0.2) is 0 Å². The fourth-order valence-corrected chi connectivity index (χ4v) is 2.68. The van der Waals surface area contributed by atoms with Crippen LogP contribution in [0.4, 0.5) is 0 Å². The Morgan fingerprint density at radius 3 is 2.29 bits per heavy atom. The first kappa shape index (κ1) is 18.1. The molecule has 0 saturated heterocycles. The molecule has 0 spiro atoms. The third-order valence-corrected chi connectivity index (χ3v) is 4.12. The zero-order valence-corrected chi connectivity index (χ0v) is 14.2. The molecular formula is C18H31NO2. The molecule has 1 N–H and O–H groups in total. The normalized spacial score (nSPS) is 14.4. The molecule has 1 aromatic carbocycles. The van der Waals surface area contributed by atoms with Crippen LogP contribution < -0.4 is 0 Å². The second-order valence-electron chi connectivity index (χ2n) is 6.01. The predicted molar refractivity (Wildman–Crippen MR) is 88.7 cm³/mol. The smallest absolute Gasteiger partial charge is 0.0802 e. The highest BCUT2D eigenvalue weighted by Gasteiger charge is 2.15. The van der Waals surface area contributed by atoms with Gasteiger partial charge in [0.1, 0.15) is 0 Å². The molecule has 0 radical (unpaired) electrons. The van der Waals surface area contributed by atoms with Crippen LogP contribution in [-0.4, -0.2) is 42.9 Å². The Morgan fingerprint density at radius 2 is 1.76 bits per heavy atom. The van der Waals surface area contributed by atoms with Crippen molar-refractivity contribution in [1.82, 2.24) is 4.90 Å². The number of methoxy groups -OCH3 is 1. The van der Waals surface area contributed by atoms with Gasteiger partial charge in [0.2, 0.25) is 0 Å². The van der Waals surface area contributed by atoms with Crippen LogP contribution in [0.15, 0.2) is 18.2 Å². The number of aliphatic hydroxyl groups excluding tert-OH is 1. The zero-order chi connectivity index (χ0) is 15.8. The largest absolute Gasteiger partial charge is 0.388 e. The molecule has 0 amide bonds. The SMILES string of the molecule is CCC(C)N(CCOC)CCC(O)c1cc(C)cc(C)c1. The van der Waals surface area contributed by atoms with E-state index in [0.717, 1.165) is 38.1 Å². The van der Waals surface area contributed by atoms with Gasteiger partial charge in [-0.05, 0) is 39.2 Å². The van der Waals surface area contributed by atoms with Crippen molar-refractivity contribution in [2.45, 2.75) is 52.7 Å². The highest BCUT2D eigenvalue weighted by Crippen LogP contribution is 2.20. The topological polar surface area (TPSA) is 32.7 Å². The fraction of sp³-hybridized carbons (Fsp3) is 0.667. The summed E-state index contributed by atoms with van der Waals surface area (Å²) in [4.78, 5) is 2.40. The fourth-order valence-electron chi connectivity index (χ4n) is 2.68. The molecule has 21 heavy (non-hydrogen) atoms. The van der Waals surface area contributed by atoms with Crippen LogP contribution in [0, 0.1) is 13.8 Å². The first-order valence-corrected chi connectivity index (χ1v) is 7.97. The lowest BCUT2D eigenvalue weighted by Crippen LogP contribution is -2.36. The van der Waals surface area contributed by atoms with Crippen LogP contribution in [0.1, 0.15) is 49.5 Å². The Bertz CT molecular complexity index is 399. The number of aliphatic hydroxyl groups is 1. The molecule has 3 heteroatoms. The second-order valence-corrected chi connectivity index (χ2v) is 6.01. The summed E-state index contributed by atoms with van der Waals surface area (Å²) < 4.78 is 5.19. The lowest BCUT2D eigenvalue weighted by molar-refractivity contribution is 0.0966. The number of hydrogen-bond acceptors (Lipinski definition) is 3. The maximum absolute atomic E-state index is 10.4. The van der Waals surface area contributed by atoms with E-state index >= 15 is 0 Å². The number of benzene rings is 1. The average molecular weight is 293 g/mol. The molecule has 0 fully saturated rings. The van der Waals surface area contributed by atoms with Crippen LogP contribution in [0.2, 0.25) is 0 Å². The van der Waals surface area contributed by atoms with Crippen molar-refractivity contribution in [1.29, 1.82) is 0 Å². The van der Waals surface area contributed by atoms with Crippen LogP contribution >= 0.6 is 0 Å². The van der Waals surface area contributed by atoms with Crippen LogP contribution in [-0.2, 0) is 4.74 Å². The molecule has 0 heterocycles. The van der Waals surface area contributed by atoms with Crippen molar-refractivity contribution in [3.8, 4) is 0 Å². The van der Waals surface area contributed by atoms with Crippen molar-refractivity contribution in [2.75, 3.05) is 26.8 Å². The molecule has 0 aliphatic heterocycles. The number of ether oxygens (including phenoxy) is 1. The van der Waals surface area contributed by atoms with Gasteiger partial charge in [0, 0.05) is 26.2 Å². The summed E-state index contributed by atoms with van der Waals surface area (Å²) in [5.74, 6) is 0. The van der Waals surface area contributed by atoms with Gasteiger partial charge in [-0.3, -0.25) is 4.90 Å². The lowest BCUT2D eigenvalue weighted by Gasteiger charge is -2.29. The van der Waals surface area contributed by atoms with Crippen molar-refractivity contribution in [3.05, 3.63) is 34.9 Å². The van der Waals surface area contributed by atoms with Crippen LogP contribution in [0.25, 0.3) is 0 Å². The molecule has 1 rings (SSSR count). The number of rotatable bonds is 9. The van der Waals surface area contributed by atoms with E-state index in [0.29, 0.717) is 6.04 Å². The summed E-state index contributed by atoms with van der Waals surface area (Å²) >= 11 is 0. The monoisotopic (exact) mass is 293 g/mol. The molecule has 0 saturated carbocycles. The first-order chi connectivity index (χ1) is 9.97. The minimum absolute atomic E-state index is 0.391. The van der Waals surface area contributed by atoms with Gasteiger partial charge in [-0.2, -0.15) is 0 Å². The summed E-state index contributed by atoms with van der Waals surface area (Å²) in [6.45, 7) is 11.1. The molecule has 3 nitrogen and oxygen atoms in total. The van der Waals surface area contributed by atoms with Gasteiger partial charge in [0.25, 0.3) is 0 Å². The summed E-state index contributed by atoms with van der Waals surface area (Å²) in [7, 11) is 1.74. The molecule has 2 atom stereocenters. The Labute approximate surface area is 129 Å². The molecule has 0 aliphatic rings. The number of aryl methyl sites for hydroxylation is 2. The van der Waals surface area contributed by atoms with E-state index in [9.17, 15) is 5.11 Å². The minimum Gasteiger partial charge on any atom is -0.388 e. The zero-order valence-electron chi connectivity index (χ0n) is 14.2.